The lowest BCUT2D eigenvalue weighted by Gasteiger charge is -2.25. The number of anilines is 1. The SMILES string of the molecule is FC(F)(F)c1ccc(NC2CCCc3sccc32)c(Br)c1. The monoisotopic (exact) mass is 375 g/mol. The number of halogens is 4. The first-order valence-corrected chi connectivity index (χ1v) is 8.32. The van der Waals surface area contributed by atoms with Gasteiger partial charge >= 0.3 is 6.18 Å². The summed E-state index contributed by atoms with van der Waals surface area (Å²) in [5, 5.41) is 5.44. The second-order valence-corrected chi connectivity index (χ2v) is 6.94. The number of hydrogen-bond donors (Lipinski definition) is 1. The molecule has 2 aromatic rings. The Kier molecular flexibility index (Phi) is 4.01. The number of aryl methyl sites for hydroxylation is 1. The van der Waals surface area contributed by atoms with Crippen LogP contribution in [0, 0.1) is 0 Å². The van der Waals surface area contributed by atoms with Crippen LogP contribution in [-0.4, -0.2) is 0 Å². The van der Waals surface area contributed by atoms with Crippen LogP contribution in [0.2, 0.25) is 0 Å². The quantitative estimate of drug-likeness (QED) is 0.676. The second-order valence-electron chi connectivity index (χ2n) is 5.08. The van der Waals surface area contributed by atoms with Crippen molar-refractivity contribution in [3.63, 3.8) is 0 Å². The molecule has 1 aromatic carbocycles. The normalized spacial score (nSPS) is 18.4. The molecule has 1 aliphatic rings. The van der Waals surface area contributed by atoms with Crippen LogP contribution < -0.4 is 5.32 Å². The molecule has 1 aliphatic carbocycles. The van der Waals surface area contributed by atoms with E-state index in [9.17, 15) is 13.2 Å². The average Bonchev–Trinajstić information content (AvgIpc) is 2.89. The summed E-state index contributed by atoms with van der Waals surface area (Å²) >= 11 is 4.99. The molecule has 21 heavy (non-hydrogen) atoms. The van der Waals surface area contributed by atoms with Gasteiger partial charge in [-0.2, -0.15) is 13.2 Å². The lowest BCUT2D eigenvalue weighted by molar-refractivity contribution is -0.137. The maximum absolute atomic E-state index is 12.7. The first-order chi connectivity index (χ1) is 9.95. The summed E-state index contributed by atoms with van der Waals surface area (Å²) in [6, 6.07) is 6.01. The molecule has 1 N–H and O–H groups in total. The van der Waals surface area contributed by atoms with Gasteiger partial charge in [0.15, 0.2) is 0 Å². The first-order valence-electron chi connectivity index (χ1n) is 6.64. The summed E-state index contributed by atoms with van der Waals surface area (Å²) in [5.41, 5.74) is 1.34. The Labute approximate surface area is 133 Å². The number of fused-ring (bicyclic) bond motifs is 1. The number of rotatable bonds is 2. The molecule has 6 heteroatoms. The van der Waals surface area contributed by atoms with Crippen molar-refractivity contribution in [1.29, 1.82) is 0 Å². The zero-order valence-electron chi connectivity index (χ0n) is 11.0. The highest BCUT2D eigenvalue weighted by Gasteiger charge is 2.31. The van der Waals surface area contributed by atoms with Crippen LogP contribution in [0.3, 0.4) is 0 Å². The molecule has 1 atom stereocenters. The van der Waals surface area contributed by atoms with Crippen molar-refractivity contribution in [1.82, 2.24) is 0 Å². The molecule has 1 unspecified atom stereocenters. The van der Waals surface area contributed by atoms with Crippen LogP contribution in [0.15, 0.2) is 34.1 Å². The summed E-state index contributed by atoms with van der Waals surface area (Å²) in [7, 11) is 0. The Balaban J connectivity index is 1.84. The summed E-state index contributed by atoms with van der Waals surface area (Å²) < 4.78 is 38.5. The topological polar surface area (TPSA) is 12.0 Å². The van der Waals surface area contributed by atoms with Gasteiger partial charge in [0.05, 0.1) is 11.6 Å². The maximum atomic E-state index is 12.7. The van der Waals surface area contributed by atoms with Crippen molar-refractivity contribution in [2.75, 3.05) is 5.32 Å². The highest BCUT2D eigenvalue weighted by atomic mass is 79.9. The largest absolute Gasteiger partial charge is 0.416 e. The van der Waals surface area contributed by atoms with Crippen LogP contribution >= 0.6 is 27.3 Å². The van der Waals surface area contributed by atoms with Gasteiger partial charge < -0.3 is 5.32 Å². The molecule has 0 saturated heterocycles. The highest BCUT2D eigenvalue weighted by molar-refractivity contribution is 9.10. The van der Waals surface area contributed by atoms with Gasteiger partial charge in [-0.25, -0.2) is 0 Å². The smallest absolute Gasteiger partial charge is 0.377 e. The molecular weight excluding hydrogens is 363 g/mol. The minimum Gasteiger partial charge on any atom is -0.377 e. The van der Waals surface area contributed by atoms with Crippen molar-refractivity contribution in [3.8, 4) is 0 Å². The van der Waals surface area contributed by atoms with Gasteiger partial charge in [-0.1, -0.05) is 0 Å². The fourth-order valence-electron chi connectivity index (χ4n) is 2.63. The molecule has 0 radical (unpaired) electrons. The Morgan fingerprint density at radius 1 is 1.24 bits per heavy atom. The van der Waals surface area contributed by atoms with E-state index in [1.807, 2.05) is 0 Å². The van der Waals surface area contributed by atoms with Gasteiger partial charge in [0.25, 0.3) is 0 Å². The highest BCUT2D eigenvalue weighted by Crippen LogP contribution is 2.38. The Morgan fingerprint density at radius 3 is 2.76 bits per heavy atom. The van der Waals surface area contributed by atoms with E-state index in [1.54, 1.807) is 11.3 Å². The molecule has 3 rings (SSSR count). The third kappa shape index (κ3) is 3.11. The standard InChI is InChI=1S/C15H13BrF3NS/c16-11-8-9(15(17,18)19)4-5-13(11)20-12-2-1-3-14-10(12)6-7-21-14/h4-8,12,20H,1-3H2. The van der Waals surface area contributed by atoms with E-state index < -0.39 is 11.7 Å². The van der Waals surface area contributed by atoms with Gasteiger partial charge in [-0.15, -0.1) is 11.3 Å². The van der Waals surface area contributed by atoms with Crippen molar-refractivity contribution in [2.45, 2.75) is 31.5 Å². The molecular formula is C15H13BrF3NS. The molecule has 0 fully saturated rings. The van der Waals surface area contributed by atoms with Gasteiger partial charge in [-0.05, 0) is 70.4 Å². The zero-order valence-corrected chi connectivity index (χ0v) is 13.4. The van der Waals surface area contributed by atoms with Gasteiger partial charge in [0, 0.05) is 15.0 Å². The molecule has 1 nitrogen and oxygen atoms in total. The van der Waals surface area contributed by atoms with E-state index in [0.717, 1.165) is 31.4 Å². The van der Waals surface area contributed by atoms with E-state index in [0.29, 0.717) is 10.2 Å². The van der Waals surface area contributed by atoms with Gasteiger partial charge in [0.1, 0.15) is 0 Å². The Bertz CT molecular complexity index is 651. The van der Waals surface area contributed by atoms with Crippen LogP contribution in [0.1, 0.15) is 34.9 Å². The van der Waals surface area contributed by atoms with Crippen molar-refractivity contribution < 1.29 is 13.2 Å². The fourth-order valence-corrected chi connectivity index (χ4v) is 4.11. The predicted molar refractivity (Wildman–Crippen MR) is 82.8 cm³/mol. The summed E-state index contributed by atoms with van der Waals surface area (Å²) in [5.74, 6) is 0. The molecule has 0 aliphatic heterocycles. The first kappa shape index (κ1) is 14.9. The van der Waals surface area contributed by atoms with E-state index in [1.165, 1.54) is 16.5 Å². The van der Waals surface area contributed by atoms with E-state index in [2.05, 4.69) is 32.7 Å². The zero-order chi connectivity index (χ0) is 15.0. The minimum atomic E-state index is -4.31. The molecule has 1 heterocycles. The lowest BCUT2D eigenvalue weighted by atomic mass is 9.94. The number of benzene rings is 1. The average molecular weight is 376 g/mol. The minimum absolute atomic E-state index is 0.174. The van der Waals surface area contributed by atoms with Crippen LogP contribution in [0.4, 0.5) is 18.9 Å². The molecule has 0 saturated carbocycles. The number of nitrogens with one attached hydrogen (secondary N) is 1. The van der Waals surface area contributed by atoms with Crippen molar-refractivity contribution >= 4 is 33.0 Å². The van der Waals surface area contributed by atoms with Gasteiger partial charge in [0.2, 0.25) is 0 Å². The third-order valence-corrected chi connectivity index (χ3v) is 5.33. The maximum Gasteiger partial charge on any atom is 0.416 e. The number of thiophene rings is 1. The summed E-state index contributed by atoms with van der Waals surface area (Å²) in [6.45, 7) is 0. The van der Waals surface area contributed by atoms with Crippen LogP contribution in [0.25, 0.3) is 0 Å². The van der Waals surface area contributed by atoms with E-state index in [-0.39, 0.29) is 6.04 Å². The van der Waals surface area contributed by atoms with E-state index >= 15 is 0 Å². The van der Waals surface area contributed by atoms with E-state index in [4.69, 9.17) is 0 Å². The fraction of sp³-hybridized carbons (Fsp3) is 0.333. The number of alkyl halides is 3. The molecule has 112 valence electrons. The predicted octanol–water partition coefficient (Wildman–Crippen LogP) is 6.02. The molecule has 0 amide bonds. The molecule has 1 aromatic heterocycles. The van der Waals surface area contributed by atoms with Crippen molar-refractivity contribution in [2.24, 2.45) is 0 Å². The second kappa shape index (κ2) is 5.65. The lowest BCUT2D eigenvalue weighted by Crippen LogP contribution is -2.16. The number of hydrogen-bond acceptors (Lipinski definition) is 2. The van der Waals surface area contributed by atoms with Crippen molar-refractivity contribution in [3.05, 3.63) is 50.1 Å². The summed E-state index contributed by atoms with van der Waals surface area (Å²) in [4.78, 5) is 1.38. The Hall–Kier alpha value is -1.01. The Morgan fingerprint density at radius 2 is 2.05 bits per heavy atom. The molecule has 0 spiro atoms. The summed E-state index contributed by atoms with van der Waals surface area (Å²) in [6.07, 6.45) is -1.12. The molecule has 0 bridgehead atoms. The van der Waals surface area contributed by atoms with Crippen LogP contribution in [-0.2, 0) is 12.6 Å². The van der Waals surface area contributed by atoms with Gasteiger partial charge in [-0.3, -0.25) is 0 Å². The third-order valence-electron chi connectivity index (χ3n) is 3.68. The van der Waals surface area contributed by atoms with Crippen LogP contribution in [0.5, 0.6) is 0 Å².